The molecule has 6 nitrogen and oxygen atoms in total. The summed E-state index contributed by atoms with van der Waals surface area (Å²) in [7, 11) is 0. The molecule has 0 radical (unpaired) electrons. The maximum absolute atomic E-state index is 5.81. The number of tetrazole rings is 1. The minimum atomic E-state index is 0. The number of rotatable bonds is 7. The summed E-state index contributed by atoms with van der Waals surface area (Å²) in [6.45, 7) is 6.24. The Kier molecular flexibility index (Phi) is 6.91. The van der Waals surface area contributed by atoms with Crippen LogP contribution in [-0.4, -0.2) is 26.8 Å². The summed E-state index contributed by atoms with van der Waals surface area (Å²) in [6.07, 6.45) is 0. The topological polar surface area (TPSA) is 64.9 Å². The van der Waals surface area contributed by atoms with Crippen molar-refractivity contribution in [3.8, 4) is 17.4 Å². The summed E-state index contributed by atoms with van der Waals surface area (Å²) in [5.41, 5.74) is 2.07. The number of ether oxygens (including phenoxy) is 1. The zero-order chi connectivity index (χ0) is 16.8. The SMILES string of the molecule is CC(C)CNCc1ccc(Oc2nnnn2-c2ccccc2)cc1.Cl. The van der Waals surface area contributed by atoms with E-state index in [1.807, 2.05) is 54.6 Å². The van der Waals surface area contributed by atoms with Gasteiger partial charge >= 0.3 is 6.01 Å². The summed E-state index contributed by atoms with van der Waals surface area (Å²) < 4.78 is 7.38. The van der Waals surface area contributed by atoms with Crippen LogP contribution in [0.5, 0.6) is 11.8 Å². The number of hydrogen-bond acceptors (Lipinski definition) is 5. The molecule has 3 aromatic rings. The molecule has 0 fully saturated rings. The summed E-state index contributed by atoms with van der Waals surface area (Å²) in [6, 6.07) is 17.9. The second-order valence-corrected chi connectivity index (χ2v) is 5.98. The average Bonchev–Trinajstić information content (AvgIpc) is 3.05. The molecule has 0 spiro atoms. The normalized spacial score (nSPS) is 10.5. The van der Waals surface area contributed by atoms with Gasteiger partial charge in [-0.1, -0.05) is 49.3 Å². The van der Waals surface area contributed by atoms with E-state index in [9.17, 15) is 0 Å². The molecule has 2 aromatic carbocycles. The van der Waals surface area contributed by atoms with E-state index in [0.29, 0.717) is 17.7 Å². The Hall–Kier alpha value is -2.44. The van der Waals surface area contributed by atoms with E-state index in [4.69, 9.17) is 4.74 Å². The van der Waals surface area contributed by atoms with Gasteiger partial charge in [-0.05, 0) is 52.7 Å². The summed E-state index contributed by atoms with van der Waals surface area (Å²) >= 11 is 0. The molecule has 7 heteroatoms. The van der Waals surface area contributed by atoms with Crippen LogP contribution < -0.4 is 10.1 Å². The van der Waals surface area contributed by atoms with Gasteiger partial charge in [-0.3, -0.25) is 0 Å². The molecule has 1 N–H and O–H groups in total. The Balaban J connectivity index is 0.00000225. The zero-order valence-electron chi connectivity index (χ0n) is 14.3. The Labute approximate surface area is 153 Å². The summed E-state index contributed by atoms with van der Waals surface area (Å²) in [4.78, 5) is 0. The largest absolute Gasteiger partial charge is 0.423 e. The van der Waals surface area contributed by atoms with E-state index in [2.05, 4.69) is 34.7 Å². The lowest BCUT2D eigenvalue weighted by Crippen LogP contribution is -2.18. The van der Waals surface area contributed by atoms with Crippen LogP contribution in [0.1, 0.15) is 19.4 Å². The molecule has 0 aliphatic heterocycles. The van der Waals surface area contributed by atoms with E-state index in [1.54, 1.807) is 4.68 Å². The quantitative estimate of drug-likeness (QED) is 0.698. The van der Waals surface area contributed by atoms with E-state index in [-0.39, 0.29) is 12.4 Å². The van der Waals surface area contributed by atoms with Crippen molar-refractivity contribution in [2.75, 3.05) is 6.54 Å². The third-order valence-corrected chi connectivity index (χ3v) is 3.46. The van der Waals surface area contributed by atoms with E-state index >= 15 is 0 Å². The second kappa shape index (κ2) is 9.15. The van der Waals surface area contributed by atoms with Gasteiger partial charge in [0.1, 0.15) is 5.75 Å². The monoisotopic (exact) mass is 359 g/mol. The first-order valence-electron chi connectivity index (χ1n) is 8.03. The molecule has 0 saturated heterocycles. The molecular formula is C18H22ClN5O. The zero-order valence-corrected chi connectivity index (χ0v) is 15.1. The highest BCUT2D eigenvalue weighted by Gasteiger charge is 2.10. The van der Waals surface area contributed by atoms with Gasteiger partial charge in [-0.15, -0.1) is 12.4 Å². The van der Waals surface area contributed by atoms with Crippen LogP contribution in [0.4, 0.5) is 0 Å². The van der Waals surface area contributed by atoms with Crippen LogP contribution in [0, 0.1) is 5.92 Å². The fraction of sp³-hybridized carbons (Fsp3) is 0.278. The first-order valence-corrected chi connectivity index (χ1v) is 8.03. The van der Waals surface area contributed by atoms with Gasteiger partial charge in [-0.2, -0.15) is 4.68 Å². The van der Waals surface area contributed by atoms with Crippen molar-refractivity contribution < 1.29 is 4.74 Å². The van der Waals surface area contributed by atoms with Gasteiger partial charge in [0.25, 0.3) is 0 Å². The molecule has 3 rings (SSSR count). The van der Waals surface area contributed by atoms with Crippen LogP contribution in [0.15, 0.2) is 54.6 Å². The molecule has 1 aromatic heterocycles. The van der Waals surface area contributed by atoms with Crippen molar-refractivity contribution in [2.45, 2.75) is 20.4 Å². The fourth-order valence-electron chi connectivity index (χ4n) is 2.26. The number of nitrogens with zero attached hydrogens (tertiary/aromatic N) is 4. The van der Waals surface area contributed by atoms with Gasteiger partial charge in [0.2, 0.25) is 0 Å². The minimum Gasteiger partial charge on any atom is -0.423 e. The molecule has 0 unspecified atom stereocenters. The lowest BCUT2D eigenvalue weighted by atomic mass is 10.2. The molecule has 1 heterocycles. The van der Waals surface area contributed by atoms with E-state index < -0.39 is 0 Å². The Bertz CT molecular complexity index is 759. The minimum absolute atomic E-state index is 0. The molecule has 0 aliphatic rings. The first kappa shape index (κ1) is 18.9. The number of hydrogen-bond donors (Lipinski definition) is 1. The van der Waals surface area contributed by atoms with Crippen molar-refractivity contribution in [1.82, 2.24) is 25.5 Å². The van der Waals surface area contributed by atoms with Crippen molar-refractivity contribution in [3.05, 3.63) is 60.2 Å². The van der Waals surface area contributed by atoms with Crippen LogP contribution in [0.2, 0.25) is 0 Å². The third kappa shape index (κ3) is 5.27. The number of aromatic nitrogens is 4. The maximum atomic E-state index is 5.81. The number of benzene rings is 2. The van der Waals surface area contributed by atoms with Crippen LogP contribution in [0.25, 0.3) is 5.69 Å². The highest BCUT2D eigenvalue weighted by Crippen LogP contribution is 2.21. The van der Waals surface area contributed by atoms with E-state index in [0.717, 1.165) is 18.8 Å². The summed E-state index contributed by atoms with van der Waals surface area (Å²) in [5.74, 6) is 1.35. The Morgan fingerprint density at radius 2 is 1.76 bits per heavy atom. The maximum Gasteiger partial charge on any atom is 0.345 e. The highest BCUT2D eigenvalue weighted by atomic mass is 35.5. The second-order valence-electron chi connectivity index (χ2n) is 5.98. The van der Waals surface area contributed by atoms with Crippen molar-refractivity contribution in [3.63, 3.8) is 0 Å². The third-order valence-electron chi connectivity index (χ3n) is 3.46. The van der Waals surface area contributed by atoms with Gasteiger partial charge in [-0.25, -0.2) is 0 Å². The first-order chi connectivity index (χ1) is 11.7. The van der Waals surface area contributed by atoms with Gasteiger partial charge in [0, 0.05) is 6.54 Å². The van der Waals surface area contributed by atoms with Gasteiger partial charge < -0.3 is 10.1 Å². The molecule has 25 heavy (non-hydrogen) atoms. The lowest BCUT2D eigenvalue weighted by Gasteiger charge is -2.09. The molecule has 132 valence electrons. The highest BCUT2D eigenvalue weighted by molar-refractivity contribution is 5.85. The van der Waals surface area contributed by atoms with Crippen LogP contribution in [0.3, 0.4) is 0 Å². The number of halogens is 1. The Morgan fingerprint density at radius 1 is 1.04 bits per heavy atom. The number of para-hydroxylation sites is 1. The molecule has 0 saturated carbocycles. The predicted molar refractivity (Wildman–Crippen MR) is 99.5 cm³/mol. The molecule has 0 aliphatic carbocycles. The van der Waals surface area contributed by atoms with Crippen LogP contribution in [-0.2, 0) is 6.54 Å². The van der Waals surface area contributed by atoms with Crippen molar-refractivity contribution in [1.29, 1.82) is 0 Å². The number of nitrogens with one attached hydrogen (secondary N) is 1. The molecular weight excluding hydrogens is 338 g/mol. The molecule has 0 atom stereocenters. The Morgan fingerprint density at radius 3 is 2.44 bits per heavy atom. The predicted octanol–water partition coefficient (Wildman–Crippen LogP) is 3.62. The molecule has 0 bridgehead atoms. The lowest BCUT2D eigenvalue weighted by molar-refractivity contribution is 0.427. The van der Waals surface area contributed by atoms with E-state index in [1.165, 1.54) is 5.56 Å². The standard InChI is InChI=1S/C18H21N5O.ClH/c1-14(2)12-19-13-15-8-10-17(11-9-15)24-18-20-21-22-23(18)16-6-4-3-5-7-16;/h3-11,14,19H,12-13H2,1-2H3;1H. The van der Waals surface area contributed by atoms with Crippen LogP contribution >= 0.6 is 12.4 Å². The average molecular weight is 360 g/mol. The molecule has 0 amide bonds. The summed E-state index contributed by atoms with van der Waals surface area (Å²) in [5, 5.41) is 15.0. The van der Waals surface area contributed by atoms with Crippen molar-refractivity contribution in [2.24, 2.45) is 5.92 Å². The van der Waals surface area contributed by atoms with Gasteiger partial charge in [0.15, 0.2) is 0 Å². The van der Waals surface area contributed by atoms with Gasteiger partial charge in [0.05, 0.1) is 5.69 Å². The smallest absolute Gasteiger partial charge is 0.345 e. The van der Waals surface area contributed by atoms with Crippen molar-refractivity contribution >= 4 is 12.4 Å². The fourth-order valence-corrected chi connectivity index (χ4v) is 2.26.